The van der Waals surface area contributed by atoms with E-state index in [2.05, 4.69) is 0 Å². The van der Waals surface area contributed by atoms with Crippen molar-refractivity contribution >= 4 is 0 Å². The van der Waals surface area contributed by atoms with Gasteiger partial charge in [0.1, 0.15) is 199 Å². The molecule has 8 fully saturated rings. The van der Waals surface area contributed by atoms with E-state index in [0.29, 0.717) is 0 Å². The normalized spacial score (nSPS) is 52.7. The van der Waals surface area contributed by atoms with Gasteiger partial charge in [-0.2, -0.15) is 0 Å². The molecular formula is C48H82O41. The fourth-order valence-corrected chi connectivity index (χ4v) is 11.7. The van der Waals surface area contributed by atoms with Gasteiger partial charge in [0.05, 0.1) is 52.9 Å². The molecule has 8 saturated heterocycles. The summed E-state index contributed by atoms with van der Waals surface area (Å²) in [5, 5.41) is 281. The van der Waals surface area contributed by atoms with Gasteiger partial charge >= 0.3 is 0 Å². The van der Waals surface area contributed by atoms with E-state index in [1.807, 2.05) is 0 Å². The largest absolute Gasteiger partial charge is 0.394 e. The Morgan fingerprint density at radius 1 is 0.225 bits per heavy atom. The minimum atomic E-state index is -3.08. The molecule has 0 radical (unpaired) electrons. The third-order valence-electron chi connectivity index (χ3n) is 17.3. The van der Waals surface area contributed by atoms with Crippen LogP contribution >= 0.6 is 0 Å². The van der Waals surface area contributed by atoms with Crippen molar-refractivity contribution in [3.63, 3.8) is 0 Å². The summed E-state index contributed by atoms with van der Waals surface area (Å²) in [5.41, 5.74) is 0. The fourth-order valence-electron chi connectivity index (χ4n) is 11.7. The van der Waals surface area contributed by atoms with Crippen molar-refractivity contribution in [3.8, 4) is 0 Å². The van der Waals surface area contributed by atoms with E-state index in [9.17, 15) is 133 Å². The highest BCUT2D eigenvalue weighted by Gasteiger charge is 2.68. The first-order chi connectivity index (χ1) is 42.0. The monoisotopic (exact) mass is 1310 g/mol. The van der Waals surface area contributed by atoms with Crippen molar-refractivity contribution in [2.45, 2.75) is 199 Å². The fraction of sp³-hybridized carbons (Fsp3) is 1.00. The number of hydrogen-bond donors (Lipinski definition) is 26. The Kier molecular flexibility index (Phi) is 23.5. The summed E-state index contributed by atoms with van der Waals surface area (Å²) in [6.07, 6.45) is -54.4. The summed E-state index contributed by atoms with van der Waals surface area (Å²) < 4.78 is 86.8. The van der Waals surface area contributed by atoms with Gasteiger partial charge in [0.25, 0.3) is 0 Å². The number of aliphatic hydroxyl groups excluding tert-OH is 26. The molecule has 8 heterocycles. The molecule has 41 nitrogen and oxygen atoms in total. The Morgan fingerprint density at radius 3 is 0.663 bits per heavy atom. The van der Waals surface area contributed by atoms with E-state index in [1.54, 1.807) is 0 Å². The van der Waals surface area contributed by atoms with Gasteiger partial charge in [-0.1, -0.05) is 0 Å². The Bertz CT molecular complexity index is 2260. The molecule has 0 bridgehead atoms. The standard InChI is InChI=1S/C48H82O41/c49-1-16-24(58)32(66)33(67)41(81-16)89-48(40(74)31(65)23(8-56)88-48)15-80-47(39(73)30(64)22(7-55)87-47)14-79-46(38(72)29(63)21(6-54)86-46)13-78-45(37(71)28(62)20(5-53)85-45)12-77-44(36(70)27(61)19(4-52)84-44)11-76-43(35(69)26(60)18(3-51)83-43)10-75-42(9-57)34(68)25(59)17(2-50)82-42/h16-41,49-74H,1-15H2. The highest BCUT2D eigenvalue weighted by atomic mass is 16.9. The van der Waals surface area contributed by atoms with Gasteiger partial charge in [-0.25, -0.2) is 0 Å². The van der Waals surface area contributed by atoms with Crippen LogP contribution in [0.2, 0.25) is 0 Å². The summed E-state index contributed by atoms with van der Waals surface area (Å²) in [5.74, 6) is -20.7. The molecule has 33 atom stereocenters. The molecule has 8 aliphatic rings. The Balaban J connectivity index is 1.11. The molecule has 0 saturated carbocycles. The zero-order valence-corrected chi connectivity index (χ0v) is 46.9. The van der Waals surface area contributed by atoms with E-state index < -0.39 is 299 Å². The molecule has 0 amide bonds. The molecule has 89 heavy (non-hydrogen) atoms. The summed E-state index contributed by atoms with van der Waals surface area (Å²) >= 11 is 0. The van der Waals surface area contributed by atoms with Crippen molar-refractivity contribution in [1.29, 1.82) is 0 Å². The van der Waals surface area contributed by atoms with Crippen LogP contribution in [0.25, 0.3) is 0 Å². The maximum Gasteiger partial charge on any atom is 0.224 e. The molecule has 8 aliphatic heterocycles. The van der Waals surface area contributed by atoms with Crippen LogP contribution in [0.1, 0.15) is 0 Å². The lowest BCUT2D eigenvalue weighted by Crippen LogP contribution is -2.64. The first kappa shape index (κ1) is 73.2. The number of ether oxygens (including phenoxy) is 15. The minimum Gasteiger partial charge on any atom is -0.394 e. The number of aliphatic hydroxyl groups is 26. The molecule has 0 aromatic heterocycles. The van der Waals surface area contributed by atoms with Crippen molar-refractivity contribution in [2.75, 3.05) is 99.1 Å². The van der Waals surface area contributed by atoms with E-state index in [0.717, 1.165) is 0 Å². The van der Waals surface area contributed by atoms with Crippen LogP contribution in [-0.4, -0.2) is 431 Å². The number of hydrogen-bond acceptors (Lipinski definition) is 41. The molecule has 0 aromatic rings. The van der Waals surface area contributed by atoms with Crippen molar-refractivity contribution in [1.82, 2.24) is 0 Å². The van der Waals surface area contributed by atoms with Crippen LogP contribution in [0.5, 0.6) is 0 Å². The summed E-state index contributed by atoms with van der Waals surface area (Å²) in [6.45, 7) is -18.4. The topological polar surface area (TPSA) is 664 Å². The van der Waals surface area contributed by atoms with Crippen LogP contribution in [0.4, 0.5) is 0 Å². The second-order valence-electron chi connectivity index (χ2n) is 22.8. The van der Waals surface area contributed by atoms with Crippen molar-refractivity contribution in [3.05, 3.63) is 0 Å². The molecule has 520 valence electrons. The lowest BCUT2D eigenvalue weighted by atomic mass is 9.99. The molecule has 8 rings (SSSR count). The Labute approximate surface area is 501 Å². The second kappa shape index (κ2) is 28.6. The maximum absolute atomic E-state index is 11.8. The highest BCUT2D eigenvalue weighted by molar-refractivity contribution is 5.07. The van der Waals surface area contributed by atoms with E-state index in [-0.39, 0.29) is 0 Å². The van der Waals surface area contributed by atoms with Crippen molar-refractivity contribution in [2.24, 2.45) is 0 Å². The molecule has 26 N–H and O–H groups in total. The molecule has 0 aromatic carbocycles. The average molecular weight is 1320 g/mol. The van der Waals surface area contributed by atoms with Crippen LogP contribution < -0.4 is 0 Å². The molecule has 0 aliphatic carbocycles. The molecule has 41 heteroatoms. The SMILES string of the molecule is OCC1OC(OC2(COC3(COC4(COC5(COC6(COC7(COC8(CO)OC(CO)C(O)C8O)OC(CO)C(O)C7O)OC(CO)C(O)C6O)OC(CO)C(O)C5O)OC(CO)C(O)C4O)OC(CO)C(O)C3O)OC(CO)C(O)C2O)C(O)C(O)C1O. The zero-order valence-electron chi connectivity index (χ0n) is 46.9. The molecular weight excluding hydrogens is 1230 g/mol. The summed E-state index contributed by atoms with van der Waals surface area (Å²) in [7, 11) is 0. The van der Waals surface area contributed by atoms with E-state index in [4.69, 9.17) is 71.1 Å². The van der Waals surface area contributed by atoms with Crippen molar-refractivity contribution < 1.29 is 204 Å². The first-order valence-corrected chi connectivity index (χ1v) is 27.9. The highest BCUT2D eigenvalue weighted by Crippen LogP contribution is 2.46. The first-order valence-electron chi connectivity index (χ1n) is 27.9. The van der Waals surface area contributed by atoms with Crippen LogP contribution in [0.15, 0.2) is 0 Å². The predicted octanol–water partition coefficient (Wildman–Crippen LogP) is -18.4. The quantitative estimate of drug-likeness (QED) is 0.0331. The Morgan fingerprint density at radius 2 is 0.427 bits per heavy atom. The van der Waals surface area contributed by atoms with Gasteiger partial charge in [0, 0.05) is 0 Å². The smallest absolute Gasteiger partial charge is 0.224 e. The van der Waals surface area contributed by atoms with E-state index in [1.165, 1.54) is 0 Å². The summed E-state index contributed by atoms with van der Waals surface area (Å²) in [4.78, 5) is 0. The average Bonchev–Trinajstić information content (AvgIpc) is 2.08. The van der Waals surface area contributed by atoms with Gasteiger partial charge in [-0.3, -0.25) is 0 Å². The van der Waals surface area contributed by atoms with Crippen LogP contribution in [-0.2, 0) is 71.1 Å². The van der Waals surface area contributed by atoms with Gasteiger partial charge in [-0.15, -0.1) is 0 Å². The van der Waals surface area contributed by atoms with Gasteiger partial charge in [0.15, 0.2) is 6.29 Å². The van der Waals surface area contributed by atoms with E-state index >= 15 is 0 Å². The van der Waals surface area contributed by atoms with Crippen LogP contribution in [0.3, 0.4) is 0 Å². The Hall–Kier alpha value is -1.64. The van der Waals surface area contributed by atoms with Gasteiger partial charge in [-0.05, 0) is 0 Å². The third kappa shape index (κ3) is 13.0. The van der Waals surface area contributed by atoms with Gasteiger partial charge < -0.3 is 204 Å². The van der Waals surface area contributed by atoms with Gasteiger partial charge in [0.2, 0.25) is 40.5 Å². The zero-order chi connectivity index (χ0) is 65.7. The third-order valence-corrected chi connectivity index (χ3v) is 17.3. The molecule has 0 spiro atoms. The lowest BCUT2D eigenvalue weighted by molar-refractivity contribution is -0.407. The summed E-state index contributed by atoms with van der Waals surface area (Å²) in [6, 6.07) is 0. The second-order valence-corrected chi connectivity index (χ2v) is 22.8. The minimum absolute atomic E-state index is 0.932. The van der Waals surface area contributed by atoms with Crippen LogP contribution in [0, 0.1) is 0 Å². The molecule has 33 unspecified atom stereocenters. The lowest BCUT2D eigenvalue weighted by Gasteiger charge is -2.45. The maximum atomic E-state index is 11.8. The number of rotatable bonds is 29. The predicted molar refractivity (Wildman–Crippen MR) is 265 cm³/mol.